The fourth-order valence-corrected chi connectivity index (χ4v) is 3.98. The first kappa shape index (κ1) is 13.7. The number of rotatable bonds is 2. The lowest BCUT2D eigenvalue weighted by molar-refractivity contribution is 0.381. The number of fused-ring (bicyclic) bond motifs is 3. The third kappa shape index (κ3) is 2.10. The molecule has 0 bridgehead atoms. The van der Waals surface area contributed by atoms with Crippen molar-refractivity contribution in [2.75, 3.05) is 12.4 Å². The fraction of sp³-hybridized carbons (Fsp3) is 0.263. The molecule has 22 heavy (non-hydrogen) atoms. The van der Waals surface area contributed by atoms with Crippen molar-refractivity contribution in [3.63, 3.8) is 0 Å². The zero-order valence-electron chi connectivity index (χ0n) is 12.4. The van der Waals surface area contributed by atoms with Crippen LogP contribution in [0.25, 0.3) is 0 Å². The summed E-state index contributed by atoms with van der Waals surface area (Å²) in [7, 11) is 1.74. The van der Waals surface area contributed by atoms with Gasteiger partial charge in [0.25, 0.3) is 0 Å². The van der Waals surface area contributed by atoms with Crippen molar-refractivity contribution >= 4 is 17.3 Å². The van der Waals surface area contributed by atoms with Gasteiger partial charge in [0.05, 0.1) is 13.2 Å². The lowest BCUT2D eigenvalue weighted by Crippen LogP contribution is -2.29. The van der Waals surface area contributed by atoms with Crippen LogP contribution in [0.4, 0.5) is 5.69 Å². The third-order valence-electron chi connectivity index (χ3n) is 4.80. The van der Waals surface area contributed by atoms with Gasteiger partial charge in [0.15, 0.2) is 0 Å². The Labute approximate surface area is 135 Å². The summed E-state index contributed by atoms with van der Waals surface area (Å²) in [6.45, 7) is 0. The molecule has 0 fully saturated rings. The number of hydrogen-bond acceptors (Lipinski definition) is 2. The highest BCUT2D eigenvalue weighted by atomic mass is 35.5. The van der Waals surface area contributed by atoms with E-state index in [1.165, 1.54) is 16.8 Å². The molecule has 3 heteroatoms. The molecule has 1 N–H and O–H groups in total. The van der Waals surface area contributed by atoms with E-state index >= 15 is 0 Å². The summed E-state index contributed by atoms with van der Waals surface area (Å²) >= 11 is 6.20. The smallest absolute Gasteiger partial charge is 0.124 e. The lowest BCUT2D eigenvalue weighted by atomic mass is 9.77. The van der Waals surface area contributed by atoms with Crippen LogP contribution < -0.4 is 10.1 Å². The SMILES string of the molecule is COc1ccccc1[C@@H]1Nc2ccc(Cl)cc2[C@@H]2C=CC[C@@H]21. The van der Waals surface area contributed by atoms with E-state index < -0.39 is 0 Å². The molecule has 1 aliphatic carbocycles. The van der Waals surface area contributed by atoms with E-state index in [9.17, 15) is 0 Å². The molecular formula is C19H18ClNO. The topological polar surface area (TPSA) is 21.3 Å². The summed E-state index contributed by atoms with van der Waals surface area (Å²) in [6.07, 6.45) is 5.69. The molecule has 0 saturated carbocycles. The van der Waals surface area contributed by atoms with Crippen molar-refractivity contribution in [3.8, 4) is 5.75 Å². The standard InChI is InChI=1S/C19H18ClNO/c1-22-18-8-3-2-5-15(18)19-14-7-4-6-13(14)16-11-12(20)9-10-17(16)21-19/h2-6,8-11,13-14,19,21H,7H2,1H3/t13-,14+,19-/m1/s1. The lowest BCUT2D eigenvalue weighted by Gasteiger charge is -2.38. The van der Waals surface area contributed by atoms with Gasteiger partial charge >= 0.3 is 0 Å². The Morgan fingerprint density at radius 2 is 2.00 bits per heavy atom. The average molecular weight is 312 g/mol. The predicted octanol–water partition coefficient (Wildman–Crippen LogP) is 5.18. The maximum Gasteiger partial charge on any atom is 0.124 e. The minimum Gasteiger partial charge on any atom is -0.496 e. The van der Waals surface area contributed by atoms with Crippen molar-refractivity contribution in [2.45, 2.75) is 18.4 Å². The van der Waals surface area contributed by atoms with Crippen LogP contribution in [0.2, 0.25) is 5.02 Å². The summed E-state index contributed by atoms with van der Waals surface area (Å²) in [5, 5.41) is 4.51. The zero-order chi connectivity index (χ0) is 15.1. The first-order chi connectivity index (χ1) is 10.8. The van der Waals surface area contributed by atoms with E-state index in [1.807, 2.05) is 18.2 Å². The molecule has 112 valence electrons. The molecule has 0 amide bonds. The second-order valence-electron chi connectivity index (χ2n) is 5.95. The van der Waals surface area contributed by atoms with Crippen molar-refractivity contribution in [3.05, 3.63) is 70.8 Å². The van der Waals surface area contributed by atoms with E-state index in [-0.39, 0.29) is 6.04 Å². The quantitative estimate of drug-likeness (QED) is 0.772. The number of anilines is 1. The largest absolute Gasteiger partial charge is 0.496 e. The van der Waals surface area contributed by atoms with Crippen LogP contribution in [0.15, 0.2) is 54.6 Å². The summed E-state index contributed by atoms with van der Waals surface area (Å²) < 4.78 is 5.57. The molecule has 0 radical (unpaired) electrons. The highest BCUT2D eigenvalue weighted by Gasteiger charge is 2.38. The molecule has 2 aromatic rings. The van der Waals surface area contributed by atoms with Gasteiger partial charge in [-0.3, -0.25) is 0 Å². The number of methoxy groups -OCH3 is 1. The first-order valence-electron chi connectivity index (χ1n) is 7.63. The molecule has 0 aromatic heterocycles. The van der Waals surface area contributed by atoms with Crippen LogP contribution in [-0.2, 0) is 0 Å². The van der Waals surface area contributed by atoms with E-state index in [4.69, 9.17) is 16.3 Å². The van der Waals surface area contributed by atoms with Crippen molar-refractivity contribution < 1.29 is 4.74 Å². The third-order valence-corrected chi connectivity index (χ3v) is 5.03. The summed E-state index contributed by atoms with van der Waals surface area (Å²) in [5.41, 5.74) is 3.70. The maximum absolute atomic E-state index is 6.20. The molecule has 1 heterocycles. The molecule has 3 atom stereocenters. The Morgan fingerprint density at radius 3 is 2.86 bits per heavy atom. The number of ether oxygens (including phenoxy) is 1. The van der Waals surface area contributed by atoms with Crippen molar-refractivity contribution in [1.29, 1.82) is 0 Å². The van der Waals surface area contributed by atoms with Crippen LogP contribution in [0, 0.1) is 5.92 Å². The molecule has 1 aliphatic heterocycles. The Kier molecular flexibility index (Phi) is 3.34. The summed E-state index contributed by atoms with van der Waals surface area (Å²) in [5.74, 6) is 1.87. The van der Waals surface area contributed by atoms with Crippen LogP contribution in [-0.4, -0.2) is 7.11 Å². The second kappa shape index (κ2) is 5.36. The minimum atomic E-state index is 0.254. The molecular weight excluding hydrogens is 294 g/mol. The molecule has 0 spiro atoms. The van der Waals surface area contributed by atoms with Crippen LogP contribution in [0.3, 0.4) is 0 Å². The van der Waals surface area contributed by atoms with Gasteiger partial charge in [-0.05, 0) is 42.2 Å². The van der Waals surface area contributed by atoms with Gasteiger partial charge in [0.1, 0.15) is 5.75 Å². The van der Waals surface area contributed by atoms with Gasteiger partial charge in [0, 0.05) is 22.2 Å². The van der Waals surface area contributed by atoms with E-state index in [2.05, 4.69) is 41.7 Å². The van der Waals surface area contributed by atoms with Gasteiger partial charge in [-0.2, -0.15) is 0 Å². The molecule has 4 rings (SSSR count). The van der Waals surface area contributed by atoms with Gasteiger partial charge in [-0.1, -0.05) is 42.0 Å². The normalized spacial score (nSPS) is 25.3. The summed E-state index contributed by atoms with van der Waals surface area (Å²) in [6, 6.07) is 14.7. The molecule has 2 aromatic carbocycles. The number of allylic oxidation sites excluding steroid dienone is 2. The maximum atomic E-state index is 6.20. The van der Waals surface area contributed by atoms with Gasteiger partial charge < -0.3 is 10.1 Å². The number of para-hydroxylation sites is 1. The van der Waals surface area contributed by atoms with E-state index in [1.54, 1.807) is 7.11 Å². The monoisotopic (exact) mass is 311 g/mol. The summed E-state index contributed by atoms with van der Waals surface area (Å²) in [4.78, 5) is 0. The van der Waals surface area contributed by atoms with Crippen LogP contribution in [0.1, 0.15) is 29.5 Å². The number of hydrogen-bond donors (Lipinski definition) is 1. The Bertz CT molecular complexity index is 740. The first-order valence-corrected chi connectivity index (χ1v) is 8.01. The van der Waals surface area contributed by atoms with E-state index in [0.717, 1.165) is 17.2 Å². The van der Waals surface area contributed by atoms with Crippen molar-refractivity contribution in [2.24, 2.45) is 5.92 Å². The van der Waals surface area contributed by atoms with E-state index in [0.29, 0.717) is 11.8 Å². The minimum absolute atomic E-state index is 0.254. The number of nitrogens with one attached hydrogen (secondary N) is 1. The zero-order valence-corrected chi connectivity index (χ0v) is 13.2. The fourth-order valence-electron chi connectivity index (χ4n) is 3.80. The Hall–Kier alpha value is -1.93. The number of halogens is 1. The highest BCUT2D eigenvalue weighted by molar-refractivity contribution is 6.30. The van der Waals surface area contributed by atoms with Gasteiger partial charge in [0.2, 0.25) is 0 Å². The number of benzene rings is 2. The van der Waals surface area contributed by atoms with Gasteiger partial charge in [-0.25, -0.2) is 0 Å². The highest BCUT2D eigenvalue weighted by Crippen LogP contribution is 2.51. The Morgan fingerprint density at radius 1 is 1.14 bits per heavy atom. The van der Waals surface area contributed by atoms with Gasteiger partial charge in [-0.15, -0.1) is 0 Å². The molecule has 2 aliphatic rings. The van der Waals surface area contributed by atoms with Crippen molar-refractivity contribution in [1.82, 2.24) is 0 Å². The predicted molar refractivity (Wildman–Crippen MR) is 90.8 cm³/mol. The second-order valence-corrected chi connectivity index (χ2v) is 6.39. The molecule has 2 nitrogen and oxygen atoms in total. The average Bonchev–Trinajstić information content (AvgIpc) is 3.04. The molecule has 0 unspecified atom stereocenters. The molecule has 0 saturated heterocycles. The van der Waals surface area contributed by atoms with Crippen LogP contribution >= 0.6 is 11.6 Å². The van der Waals surface area contributed by atoms with Crippen LogP contribution in [0.5, 0.6) is 5.75 Å². The Balaban J connectivity index is 1.81.